The van der Waals surface area contributed by atoms with Gasteiger partial charge >= 0.3 is 11.8 Å². The molecule has 0 aliphatic heterocycles. The highest BCUT2D eigenvalue weighted by molar-refractivity contribution is 6.37. The van der Waals surface area contributed by atoms with E-state index >= 15 is 0 Å². The number of hydrogen-bond donors (Lipinski definition) is 2. The van der Waals surface area contributed by atoms with Gasteiger partial charge in [0.2, 0.25) is 5.91 Å². The number of hydrogen-bond acceptors (Lipinski definition) is 4. The third-order valence-electron chi connectivity index (χ3n) is 2.86. The SMILES string of the molecule is CC(=O)N(CCN)C(=O)C(=O)NC1CCCC1. The molecule has 1 aliphatic rings. The molecule has 1 aliphatic carbocycles. The van der Waals surface area contributed by atoms with Crippen molar-refractivity contribution in [1.82, 2.24) is 10.2 Å². The highest BCUT2D eigenvalue weighted by Gasteiger charge is 2.27. The van der Waals surface area contributed by atoms with Crippen molar-refractivity contribution in [2.45, 2.75) is 38.6 Å². The van der Waals surface area contributed by atoms with Gasteiger partial charge in [0.1, 0.15) is 0 Å². The van der Waals surface area contributed by atoms with Gasteiger partial charge in [-0.15, -0.1) is 0 Å². The Hall–Kier alpha value is -1.43. The van der Waals surface area contributed by atoms with Crippen LogP contribution in [0, 0.1) is 0 Å². The summed E-state index contributed by atoms with van der Waals surface area (Å²) in [5, 5.41) is 2.65. The Labute approximate surface area is 101 Å². The van der Waals surface area contributed by atoms with Crippen molar-refractivity contribution in [3.05, 3.63) is 0 Å². The molecule has 0 atom stereocenters. The lowest BCUT2D eigenvalue weighted by atomic mass is 10.2. The fourth-order valence-corrected chi connectivity index (χ4v) is 1.97. The summed E-state index contributed by atoms with van der Waals surface area (Å²) in [5.74, 6) is -1.97. The summed E-state index contributed by atoms with van der Waals surface area (Å²) in [6.45, 7) is 1.48. The van der Waals surface area contributed by atoms with E-state index in [0.29, 0.717) is 0 Å². The normalized spacial score (nSPS) is 15.6. The highest BCUT2D eigenvalue weighted by Crippen LogP contribution is 2.17. The van der Waals surface area contributed by atoms with Gasteiger partial charge in [-0.3, -0.25) is 19.3 Å². The van der Waals surface area contributed by atoms with E-state index in [0.717, 1.165) is 30.6 Å². The van der Waals surface area contributed by atoms with Gasteiger partial charge in [-0.25, -0.2) is 0 Å². The molecular formula is C11H19N3O3. The molecule has 1 fully saturated rings. The Kier molecular flexibility index (Phi) is 5.09. The second-order valence-corrected chi connectivity index (χ2v) is 4.22. The van der Waals surface area contributed by atoms with Crippen LogP contribution in [0.3, 0.4) is 0 Å². The first-order chi connectivity index (χ1) is 8.06. The zero-order chi connectivity index (χ0) is 12.8. The van der Waals surface area contributed by atoms with Crippen LogP contribution in [0.5, 0.6) is 0 Å². The highest BCUT2D eigenvalue weighted by atomic mass is 16.2. The van der Waals surface area contributed by atoms with Crippen molar-refractivity contribution < 1.29 is 14.4 Å². The van der Waals surface area contributed by atoms with Gasteiger partial charge < -0.3 is 11.1 Å². The molecule has 3 amide bonds. The fourth-order valence-electron chi connectivity index (χ4n) is 1.97. The van der Waals surface area contributed by atoms with Crippen LogP contribution in [0.15, 0.2) is 0 Å². The lowest BCUT2D eigenvalue weighted by Gasteiger charge is -2.19. The van der Waals surface area contributed by atoms with Crippen LogP contribution in [0.2, 0.25) is 0 Å². The first-order valence-corrected chi connectivity index (χ1v) is 5.89. The van der Waals surface area contributed by atoms with Crippen molar-refractivity contribution in [3.63, 3.8) is 0 Å². The lowest BCUT2D eigenvalue weighted by Crippen LogP contribution is -2.49. The molecule has 6 heteroatoms. The predicted molar refractivity (Wildman–Crippen MR) is 61.8 cm³/mol. The number of carbonyl (C=O) groups excluding carboxylic acids is 3. The standard InChI is InChI=1S/C11H19N3O3/c1-8(15)14(7-6-12)11(17)10(16)13-9-4-2-3-5-9/h9H,2-7,12H2,1H3,(H,13,16). The van der Waals surface area contributed by atoms with Gasteiger partial charge in [0.05, 0.1) is 0 Å². The zero-order valence-electron chi connectivity index (χ0n) is 10.1. The van der Waals surface area contributed by atoms with Crippen LogP contribution >= 0.6 is 0 Å². The number of amides is 3. The lowest BCUT2D eigenvalue weighted by molar-refractivity contribution is -0.152. The molecule has 0 bridgehead atoms. The predicted octanol–water partition coefficient (Wildman–Crippen LogP) is -0.621. The van der Waals surface area contributed by atoms with Crippen LogP contribution in [0.4, 0.5) is 0 Å². The number of nitrogens with one attached hydrogen (secondary N) is 1. The van der Waals surface area contributed by atoms with E-state index in [-0.39, 0.29) is 19.1 Å². The van der Waals surface area contributed by atoms with Gasteiger partial charge in [0, 0.05) is 26.1 Å². The Bertz CT molecular complexity index is 311. The molecule has 0 saturated heterocycles. The molecule has 3 N–H and O–H groups in total. The van der Waals surface area contributed by atoms with Crippen molar-refractivity contribution in [2.75, 3.05) is 13.1 Å². The van der Waals surface area contributed by atoms with Crippen LogP contribution in [-0.4, -0.2) is 41.8 Å². The molecule has 0 unspecified atom stereocenters. The maximum Gasteiger partial charge on any atom is 0.318 e. The minimum atomic E-state index is -0.810. The molecule has 0 aromatic heterocycles. The molecule has 1 saturated carbocycles. The second kappa shape index (κ2) is 6.34. The van der Waals surface area contributed by atoms with Gasteiger partial charge in [-0.2, -0.15) is 0 Å². The molecule has 0 aromatic rings. The van der Waals surface area contributed by atoms with Crippen molar-refractivity contribution in [3.8, 4) is 0 Å². The molecule has 0 radical (unpaired) electrons. The van der Waals surface area contributed by atoms with Gasteiger partial charge in [0.15, 0.2) is 0 Å². The van der Waals surface area contributed by atoms with Gasteiger partial charge in [-0.05, 0) is 12.8 Å². The number of rotatable bonds is 3. The van der Waals surface area contributed by atoms with E-state index in [9.17, 15) is 14.4 Å². The zero-order valence-corrected chi connectivity index (χ0v) is 10.1. The number of imide groups is 1. The van der Waals surface area contributed by atoms with Crippen molar-refractivity contribution >= 4 is 17.7 Å². The topological polar surface area (TPSA) is 92.5 Å². The maximum atomic E-state index is 11.7. The molecule has 96 valence electrons. The van der Waals surface area contributed by atoms with E-state index in [1.54, 1.807) is 0 Å². The summed E-state index contributed by atoms with van der Waals surface area (Å²) < 4.78 is 0. The molecule has 0 aromatic carbocycles. The third kappa shape index (κ3) is 3.81. The van der Waals surface area contributed by atoms with Crippen LogP contribution < -0.4 is 11.1 Å². The maximum absolute atomic E-state index is 11.7. The molecule has 0 heterocycles. The van der Waals surface area contributed by atoms with E-state index in [1.165, 1.54) is 6.92 Å². The second-order valence-electron chi connectivity index (χ2n) is 4.22. The summed E-state index contributed by atoms with van der Waals surface area (Å²) in [4.78, 5) is 35.4. The monoisotopic (exact) mass is 241 g/mol. The third-order valence-corrected chi connectivity index (χ3v) is 2.86. The molecule has 17 heavy (non-hydrogen) atoms. The Morgan fingerprint density at radius 2 is 1.88 bits per heavy atom. The van der Waals surface area contributed by atoms with Gasteiger partial charge in [-0.1, -0.05) is 12.8 Å². The molecule has 6 nitrogen and oxygen atoms in total. The first-order valence-electron chi connectivity index (χ1n) is 5.89. The summed E-state index contributed by atoms with van der Waals surface area (Å²) in [7, 11) is 0. The van der Waals surface area contributed by atoms with Crippen LogP contribution in [-0.2, 0) is 14.4 Å². The average Bonchev–Trinajstić information content (AvgIpc) is 2.77. The summed E-state index contributed by atoms with van der Waals surface area (Å²) in [6.07, 6.45) is 3.93. The molecule has 0 spiro atoms. The van der Waals surface area contributed by atoms with Gasteiger partial charge in [0.25, 0.3) is 0 Å². The van der Waals surface area contributed by atoms with E-state index in [1.807, 2.05) is 0 Å². The largest absolute Gasteiger partial charge is 0.345 e. The van der Waals surface area contributed by atoms with Crippen LogP contribution in [0.1, 0.15) is 32.6 Å². The minimum Gasteiger partial charge on any atom is -0.345 e. The fraction of sp³-hybridized carbons (Fsp3) is 0.727. The van der Waals surface area contributed by atoms with Crippen molar-refractivity contribution in [1.29, 1.82) is 0 Å². The van der Waals surface area contributed by atoms with Crippen LogP contribution in [0.25, 0.3) is 0 Å². The quantitative estimate of drug-likeness (QED) is 0.644. The van der Waals surface area contributed by atoms with E-state index < -0.39 is 17.7 Å². The van der Waals surface area contributed by atoms with Crippen molar-refractivity contribution in [2.24, 2.45) is 5.73 Å². The number of carbonyl (C=O) groups is 3. The number of nitrogens with zero attached hydrogens (tertiary/aromatic N) is 1. The minimum absolute atomic E-state index is 0.0677. The van der Waals surface area contributed by atoms with E-state index in [4.69, 9.17) is 5.73 Å². The van der Waals surface area contributed by atoms with E-state index in [2.05, 4.69) is 5.32 Å². The summed E-state index contributed by atoms with van der Waals surface area (Å²) in [5.41, 5.74) is 5.29. The molecular weight excluding hydrogens is 222 g/mol. The average molecular weight is 241 g/mol. The molecule has 1 rings (SSSR count). The first kappa shape index (κ1) is 13.6. The Morgan fingerprint density at radius 3 is 2.35 bits per heavy atom. The summed E-state index contributed by atoms with van der Waals surface area (Å²) >= 11 is 0. The Morgan fingerprint density at radius 1 is 1.29 bits per heavy atom. The number of nitrogens with two attached hydrogens (primary N) is 1. The summed E-state index contributed by atoms with van der Waals surface area (Å²) in [6, 6.07) is 0.0677. The Balaban J connectivity index is 2.53. The smallest absolute Gasteiger partial charge is 0.318 e.